The van der Waals surface area contributed by atoms with E-state index in [1.807, 2.05) is 0 Å². The van der Waals surface area contributed by atoms with E-state index in [0.717, 1.165) is 5.56 Å². The van der Waals surface area contributed by atoms with Crippen molar-refractivity contribution in [1.29, 1.82) is 0 Å². The molecule has 0 aliphatic rings. The van der Waals surface area contributed by atoms with Crippen LogP contribution in [0.4, 0.5) is 4.39 Å². The Hall–Kier alpha value is -1.50. The number of hydrogen-bond acceptors (Lipinski definition) is 4. The monoisotopic (exact) mass is 292 g/mol. The van der Waals surface area contributed by atoms with Gasteiger partial charge in [0.05, 0.1) is 7.11 Å². The van der Waals surface area contributed by atoms with Crippen LogP contribution in [0.15, 0.2) is 47.4 Å². The zero-order valence-electron chi connectivity index (χ0n) is 10.9. The average Bonchev–Trinajstić information content (AvgIpc) is 2.46. The van der Waals surface area contributed by atoms with Crippen molar-refractivity contribution in [3.05, 3.63) is 53.8 Å². The highest BCUT2D eigenvalue weighted by atomic mass is 32.2. The Bertz CT molecular complexity index is 592. The molecule has 0 aliphatic carbocycles. The minimum atomic E-state index is -1.53. The van der Waals surface area contributed by atoms with Gasteiger partial charge in [-0.15, -0.1) is 11.8 Å². The number of halogens is 1. The molecule has 0 fully saturated rings. The Labute approximate surface area is 121 Å². The van der Waals surface area contributed by atoms with Gasteiger partial charge in [0.25, 0.3) is 0 Å². The summed E-state index contributed by atoms with van der Waals surface area (Å²) in [5.74, 6) is 0.845. The smallest absolute Gasteiger partial charge is 0.488 e. The largest absolute Gasteiger partial charge is 0.496 e. The molecule has 3 nitrogen and oxygen atoms in total. The number of methoxy groups -OCH3 is 1. The molecule has 0 aromatic heterocycles. The van der Waals surface area contributed by atoms with E-state index in [-0.39, 0.29) is 5.82 Å². The van der Waals surface area contributed by atoms with E-state index in [0.29, 0.717) is 21.9 Å². The topological polar surface area (TPSA) is 49.7 Å². The van der Waals surface area contributed by atoms with Crippen LogP contribution in [-0.4, -0.2) is 24.3 Å². The Morgan fingerprint density at radius 2 is 1.95 bits per heavy atom. The van der Waals surface area contributed by atoms with Crippen LogP contribution in [0, 0.1) is 5.82 Å². The number of ether oxygens (including phenoxy) is 1. The second-order valence-corrected chi connectivity index (χ2v) is 5.18. The van der Waals surface area contributed by atoms with Crippen LogP contribution in [0.1, 0.15) is 5.56 Å². The van der Waals surface area contributed by atoms with Crippen molar-refractivity contribution in [2.75, 3.05) is 7.11 Å². The van der Waals surface area contributed by atoms with Gasteiger partial charge in [0.15, 0.2) is 0 Å². The van der Waals surface area contributed by atoms with Gasteiger partial charge in [-0.25, -0.2) is 4.39 Å². The summed E-state index contributed by atoms with van der Waals surface area (Å²) in [6.07, 6.45) is 0. The summed E-state index contributed by atoms with van der Waals surface area (Å²) in [7, 11) is 0.0138. The molecule has 0 saturated carbocycles. The van der Waals surface area contributed by atoms with Crippen molar-refractivity contribution in [2.24, 2.45) is 0 Å². The molecule has 0 atom stereocenters. The zero-order chi connectivity index (χ0) is 14.5. The van der Waals surface area contributed by atoms with Crippen molar-refractivity contribution in [3.8, 4) is 5.75 Å². The van der Waals surface area contributed by atoms with Crippen LogP contribution in [0.5, 0.6) is 5.75 Å². The van der Waals surface area contributed by atoms with Crippen molar-refractivity contribution in [3.63, 3.8) is 0 Å². The SMILES string of the molecule is COc1ccc(B(O)O)cc1CSc1ccccc1F. The highest BCUT2D eigenvalue weighted by molar-refractivity contribution is 7.98. The first kappa shape index (κ1) is 14.9. The molecule has 0 radical (unpaired) electrons. The summed E-state index contributed by atoms with van der Waals surface area (Å²) in [6, 6.07) is 11.4. The van der Waals surface area contributed by atoms with Gasteiger partial charge >= 0.3 is 7.12 Å². The third kappa shape index (κ3) is 3.53. The van der Waals surface area contributed by atoms with Gasteiger partial charge in [0.2, 0.25) is 0 Å². The summed E-state index contributed by atoms with van der Waals surface area (Å²) in [5.41, 5.74) is 1.17. The van der Waals surface area contributed by atoms with Crippen molar-refractivity contribution < 1.29 is 19.2 Å². The van der Waals surface area contributed by atoms with Crippen molar-refractivity contribution in [2.45, 2.75) is 10.6 Å². The normalized spacial score (nSPS) is 10.4. The lowest BCUT2D eigenvalue weighted by atomic mass is 9.79. The van der Waals surface area contributed by atoms with E-state index in [2.05, 4.69) is 0 Å². The number of benzene rings is 2. The van der Waals surface area contributed by atoms with Crippen LogP contribution in [0.2, 0.25) is 0 Å². The highest BCUT2D eigenvalue weighted by Gasteiger charge is 2.14. The maximum absolute atomic E-state index is 13.6. The highest BCUT2D eigenvalue weighted by Crippen LogP contribution is 2.28. The molecular formula is C14H14BFO3S. The summed E-state index contributed by atoms with van der Waals surface area (Å²) in [4.78, 5) is 0.546. The Morgan fingerprint density at radius 1 is 1.20 bits per heavy atom. The van der Waals surface area contributed by atoms with Crippen molar-refractivity contribution in [1.82, 2.24) is 0 Å². The first-order valence-electron chi connectivity index (χ1n) is 6.02. The van der Waals surface area contributed by atoms with Crippen LogP contribution < -0.4 is 10.2 Å². The number of hydrogen-bond donors (Lipinski definition) is 2. The molecule has 0 saturated heterocycles. The van der Waals surface area contributed by atoms with E-state index < -0.39 is 7.12 Å². The van der Waals surface area contributed by atoms with Crippen molar-refractivity contribution >= 4 is 24.3 Å². The number of thioether (sulfide) groups is 1. The van der Waals surface area contributed by atoms with Crippen LogP contribution in [-0.2, 0) is 5.75 Å². The molecule has 0 heterocycles. The lowest BCUT2D eigenvalue weighted by Gasteiger charge is -2.10. The van der Waals surface area contributed by atoms with E-state index in [4.69, 9.17) is 4.74 Å². The quantitative estimate of drug-likeness (QED) is 0.652. The van der Waals surface area contributed by atoms with E-state index in [1.54, 1.807) is 43.5 Å². The van der Waals surface area contributed by atoms with E-state index >= 15 is 0 Å². The molecule has 2 rings (SSSR count). The first-order valence-corrected chi connectivity index (χ1v) is 7.00. The minimum Gasteiger partial charge on any atom is -0.496 e. The lowest BCUT2D eigenvalue weighted by molar-refractivity contribution is 0.410. The second kappa shape index (κ2) is 6.79. The summed E-state index contributed by atoms with van der Waals surface area (Å²) < 4.78 is 18.8. The molecule has 2 aromatic carbocycles. The van der Waals surface area contributed by atoms with E-state index in [1.165, 1.54) is 17.8 Å². The van der Waals surface area contributed by atoms with Gasteiger partial charge in [-0.3, -0.25) is 0 Å². The van der Waals surface area contributed by atoms with Crippen LogP contribution >= 0.6 is 11.8 Å². The molecule has 0 spiro atoms. The molecule has 0 unspecified atom stereocenters. The fraction of sp³-hybridized carbons (Fsp3) is 0.143. The molecule has 20 heavy (non-hydrogen) atoms. The Kier molecular flexibility index (Phi) is 5.06. The number of rotatable bonds is 5. The molecule has 2 N–H and O–H groups in total. The standard InChI is InChI=1S/C14H14BFO3S/c1-19-13-7-6-11(15(17)18)8-10(13)9-20-14-5-3-2-4-12(14)16/h2-8,17-18H,9H2,1H3. The molecule has 0 amide bonds. The maximum Gasteiger partial charge on any atom is 0.488 e. The van der Waals surface area contributed by atoms with Gasteiger partial charge in [-0.2, -0.15) is 0 Å². The third-order valence-electron chi connectivity index (χ3n) is 2.82. The van der Waals surface area contributed by atoms with Gasteiger partial charge in [-0.05, 0) is 23.7 Å². The minimum absolute atomic E-state index is 0.269. The van der Waals surface area contributed by atoms with Gasteiger partial charge in [0.1, 0.15) is 11.6 Å². The van der Waals surface area contributed by atoms with Gasteiger partial charge in [0, 0.05) is 16.2 Å². The molecule has 0 bridgehead atoms. The van der Waals surface area contributed by atoms with Gasteiger partial charge < -0.3 is 14.8 Å². The van der Waals surface area contributed by atoms with E-state index in [9.17, 15) is 14.4 Å². The molecule has 0 aliphatic heterocycles. The summed E-state index contributed by atoms with van der Waals surface area (Å²) in [6.45, 7) is 0. The Balaban J connectivity index is 2.19. The fourth-order valence-electron chi connectivity index (χ4n) is 1.79. The predicted molar refractivity (Wildman–Crippen MR) is 78.8 cm³/mol. The molecule has 2 aromatic rings. The third-order valence-corrected chi connectivity index (χ3v) is 3.92. The Morgan fingerprint density at radius 3 is 2.60 bits per heavy atom. The van der Waals surface area contributed by atoms with Crippen LogP contribution in [0.25, 0.3) is 0 Å². The molecule has 6 heteroatoms. The summed E-state index contributed by atoms with van der Waals surface area (Å²) in [5, 5.41) is 18.4. The average molecular weight is 292 g/mol. The zero-order valence-corrected chi connectivity index (χ0v) is 11.7. The van der Waals surface area contributed by atoms with Gasteiger partial charge in [-0.1, -0.05) is 24.3 Å². The molecule has 104 valence electrons. The second-order valence-electron chi connectivity index (χ2n) is 4.16. The fourth-order valence-corrected chi connectivity index (χ4v) is 2.71. The van der Waals surface area contributed by atoms with Crippen LogP contribution in [0.3, 0.4) is 0 Å². The molecular weight excluding hydrogens is 278 g/mol. The first-order chi connectivity index (χ1) is 9.61. The summed E-state index contributed by atoms with van der Waals surface area (Å²) >= 11 is 1.33. The predicted octanol–water partition coefficient (Wildman–Crippen LogP) is 1.81. The maximum atomic E-state index is 13.6. The lowest BCUT2D eigenvalue weighted by Crippen LogP contribution is -2.30.